The summed E-state index contributed by atoms with van der Waals surface area (Å²) in [5, 5.41) is 20.2. The van der Waals surface area contributed by atoms with Crippen LogP contribution in [0.5, 0.6) is 0 Å². The summed E-state index contributed by atoms with van der Waals surface area (Å²) in [5.74, 6) is -2.75. The zero-order valence-corrected chi connectivity index (χ0v) is 18.2. The third-order valence-corrected chi connectivity index (χ3v) is 5.58. The number of rotatable bonds is 5. The number of carbonyl (C=O) groups excluding carboxylic acids is 1. The Hall–Kier alpha value is -4.04. The van der Waals surface area contributed by atoms with Crippen molar-refractivity contribution in [3.05, 3.63) is 58.9 Å². The maximum absolute atomic E-state index is 15.2. The Bertz CT molecular complexity index is 1290. The average Bonchev–Trinajstić information content (AvgIpc) is 3.13. The lowest BCUT2D eigenvalue weighted by molar-refractivity contribution is -0.0214. The van der Waals surface area contributed by atoms with Crippen LogP contribution in [0.4, 0.5) is 13.6 Å². The van der Waals surface area contributed by atoms with Crippen LogP contribution in [0.3, 0.4) is 0 Å². The van der Waals surface area contributed by atoms with Crippen molar-refractivity contribution in [2.45, 2.75) is 19.4 Å². The van der Waals surface area contributed by atoms with Crippen molar-refractivity contribution in [3.8, 4) is 17.3 Å². The Balaban J connectivity index is 1.78. The number of benzene rings is 1. The number of aromatic nitrogens is 2. The summed E-state index contributed by atoms with van der Waals surface area (Å²) in [6.45, 7) is 2.12. The monoisotopic (exact) mass is 469 g/mol. The number of pyridine rings is 1. The molecule has 3 aromatic rings. The van der Waals surface area contributed by atoms with Gasteiger partial charge in [-0.05, 0) is 36.8 Å². The van der Waals surface area contributed by atoms with Crippen LogP contribution in [0.2, 0.25) is 0 Å². The van der Waals surface area contributed by atoms with Gasteiger partial charge in [0, 0.05) is 24.7 Å². The van der Waals surface area contributed by atoms with E-state index in [-0.39, 0.29) is 43.9 Å². The van der Waals surface area contributed by atoms with Crippen LogP contribution >= 0.6 is 0 Å². The van der Waals surface area contributed by atoms with Crippen molar-refractivity contribution in [1.82, 2.24) is 19.6 Å². The topological polar surface area (TPSA) is 120 Å². The van der Waals surface area contributed by atoms with E-state index >= 15 is 8.78 Å². The minimum absolute atomic E-state index is 0.0423. The highest BCUT2D eigenvalue weighted by atomic mass is 19.1. The Morgan fingerprint density at radius 3 is 2.74 bits per heavy atom. The zero-order chi connectivity index (χ0) is 24.4. The minimum Gasteiger partial charge on any atom is -0.465 e. The predicted molar refractivity (Wildman–Crippen MR) is 116 cm³/mol. The zero-order valence-electron chi connectivity index (χ0n) is 18.2. The molecule has 1 saturated heterocycles. The number of hydrogen-bond donors (Lipinski definition) is 2. The van der Waals surface area contributed by atoms with Gasteiger partial charge in [0.05, 0.1) is 42.3 Å². The average molecular weight is 469 g/mol. The number of carboxylic acid groups (broad SMARTS) is 1. The van der Waals surface area contributed by atoms with Gasteiger partial charge < -0.3 is 24.5 Å². The summed E-state index contributed by atoms with van der Waals surface area (Å²) in [4.78, 5) is 29.1. The van der Waals surface area contributed by atoms with Crippen LogP contribution in [0.25, 0.3) is 16.9 Å². The number of halogens is 2. The summed E-state index contributed by atoms with van der Waals surface area (Å²) in [6, 6.07) is 7.10. The van der Waals surface area contributed by atoms with Crippen molar-refractivity contribution in [1.29, 1.82) is 5.26 Å². The van der Waals surface area contributed by atoms with Gasteiger partial charge in [0.2, 0.25) is 0 Å². The van der Waals surface area contributed by atoms with Gasteiger partial charge in [-0.1, -0.05) is 0 Å². The number of ether oxygens (including phenoxy) is 1. The second-order valence-electron chi connectivity index (χ2n) is 7.92. The van der Waals surface area contributed by atoms with Crippen LogP contribution in [0.15, 0.2) is 30.5 Å². The van der Waals surface area contributed by atoms with E-state index < -0.39 is 35.3 Å². The van der Waals surface area contributed by atoms with Gasteiger partial charge in [0.25, 0.3) is 5.91 Å². The molecule has 2 N–H and O–H groups in total. The molecule has 1 aliphatic heterocycles. The van der Waals surface area contributed by atoms with Crippen molar-refractivity contribution < 1.29 is 28.2 Å². The molecule has 0 spiro atoms. The molecule has 0 bridgehead atoms. The molecule has 0 radical (unpaired) electrons. The first kappa shape index (κ1) is 23.1. The molecule has 9 nitrogen and oxygen atoms in total. The fourth-order valence-corrected chi connectivity index (χ4v) is 3.98. The van der Waals surface area contributed by atoms with E-state index in [1.807, 2.05) is 13.0 Å². The Kier molecular flexibility index (Phi) is 6.43. The van der Waals surface area contributed by atoms with Crippen LogP contribution < -0.4 is 5.32 Å². The third-order valence-electron chi connectivity index (χ3n) is 5.58. The van der Waals surface area contributed by atoms with Gasteiger partial charge in [0.1, 0.15) is 23.8 Å². The number of nitriles is 1. The van der Waals surface area contributed by atoms with Crippen molar-refractivity contribution >= 4 is 17.6 Å². The normalized spacial score (nSPS) is 15.8. The first-order valence-corrected chi connectivity index (χ1v) is 10.5. The lowest BCUT2D eigenvalue weighted by atomic mass is 10.0. The van der Waals surface area contributed by atoms with Gasteiger partial charge in [0.15, 0.2) is 0 Å². The lowest BCUT2D eigenvalue weighted by Gasteiger charge is -2.31. The van der Waals surface area contributed by atoms with E-state index in [1.54, 1.807) is 22.7 Å². The Morgan fingerprint density at radius 2 is 2.06 bits per heavy atom. The van der Waals surface area contributed by atoms with E-state index in [2.05, 4.69) is 10.3 Å². The smallest absolute Gasteiger partial charge is 0.407 e. The second kappa shape index (κ2) is 9.44. The highest BCUT2D eigenvalue weighted by Crippen LogP contribution is 2.32. The van der Waals surface area contributed by atoms with Gasteiger partial charge in [-0.3, -0.25) is 4.79 Å². The molecule has 34 heavy (non-hydrogen) atoms. The second-order valence-corrected chi connectivity index (χ2v) is 7.92. The SMILES string of the molecule is Cc1ccn2c(C[C@H]3CN(C(=O)O)CCO3)c(-c3c(F)cc(C(=O)NCC#N)cc3F)nc2c1. The third kappa shape index (κ3) is 4.53. The van der Waals surface area contributed by atoms with E-state index in [0.717, 1.165) is 17.7 Å². The first-order chi connectivity index (χ1) is 16.3. The predicted octanol–water partition coefficient (Wildman–Crippen LogP) is 2.76. The number of nitrogens with one attached hydrogen (secondary N) is 1. The van der Waals surface area contributed by atoms with E-state index in [9.17, 15) is 14.7 Å². The van der Waals surface area contributed by atoms with Crippen LogP contribution in [-0.2, 0) is 11.2 Å². The molecule has 0 aliphatic carbocycles. The highest BCUT2D eigenvalue weighted by molar-refractivity contribution is 5.95. The molecule has 3 heterocycles. The number of hydrogen-bond acceptors (Lipinski definition) is 5. The molecule has 1 fully saturated rings. The van der Waals surface area contributed by atoms with Crippen molar-refractivity contribution in [3.63, 3.8) is 0 Å². The molecule has 0 saturated carbocycles. The van der Waals surface area contributed by atoms with E-state index in [0.29, 0.717) is 11.3 Å². The first-order valence-electron chi connectivity index (χ1n) is 10.5. The summed E-state index contributed by atoms with van der Waals surface area (Å²) in [7, 11) is 0. The quantitative estimate of drug-likeness (QED) is 0.555. The summed E-state index contributed by atoms with van der Waals surface area (Å²) >= 11 is 0. The number of carbonyl (C=O) groups is 2. The Labute approximate surface area is 193 Å². The number of fused-ring (bicyclic) bond motifs is 1. The van der Waals surface area contributed by atoms with Gasteiger partial charge in [-0.25, -0.2) is 18.6 Å². The summed E-state index contributed by atoms with van der Waals surface area (Å²) < 4.78 is 37.7. The molecule has 1 atom stereocenters. The van der Waals surface area contributed by atoms with Gasteiger partial charge in [-0.15, -0.1) is 0 Å². The molecule has 0 unspecified atom stereocenters. The summed E-state index contributed by atoms with van der Waals surface area (Å²) in [6.07, 6.45) is 0.289. The number of imidazole rings is 1. The maximum atomic E-state index is 15.2. The number of morpholine rings is 1. The van der Waals surface area contributed by atoms with Gasteiger partial charge >= 0.3 is 6.09 Å². The van der Waals surface area contributed by atoms with Crippen molar-refractivity contribution in [2.75, 3.05) is 26.2 Å². The number of amides is 2. The van der Waals surface area contributed by atoms with Gasteiger partial charge in [-0.2, -0.15) is 5.26 Å². The van der Waals surface area contributed by atoms with E-state index in [1.165, 1.54) is 4.90 Å². The molecule has 2 aromatic heterocycles. The number of nitrogens with zero attached hydrogens (tertiary/aromatic N) is 4. The fourth-order valence-electron chi connectivity index (χ4n) is 3.98. The van der Waals surface area contributed by atoms with Crippen molar-refractivity contribution in [2.24, 2.45) is 0 Å². The van der Waals surface area contributed by atoms with Crippen LogP contribution in [0.1, 0.15) is 21.6 Å². The molecular formula is C23H21F2N5O4. The van der Waals surface area contributed by atoms with Crippen LogP contribution in [-0.4, -0.2) is 63.7 Å². The van der Waals surface area contributed by atoms with E-state index in [4.69, 9.17) is 10.00 Å². The molecule has 2 amide bonds. The molecule has 11 heteroatoms. The van der Waals surface area contributed by atoms with Crippen LogP contribution in [0, 0.1) is 29.9 Å². The molecule has 1 aliphatic rings. The fraction of sp³-hybridized carbons (Fsp3) is 0.304. The highest BCUT2D eigenvalue weighted by Gasteiger charge is 2.29. The minimum atomic E-state index is -1.07. The maximum Gasteiger partial charge on any atom is 0.407 e. The lowest BCUT2D eigenvalue weighted by Crippen LogP contribution is -2.45. The molecule has 1 aromatic carbocycles. The summed E-state index contributed by atoms with van der Waals surface area (Å²) in [5.41, 5.74) is 1.19. The standard InChI is InChI=1S/C23H21F2N5O4/c1-13-2-5-30-18(11-15-12-29(23(32)33)6-7-34-15)21(28-19(30)8-13)20-16(24)9-14(10-17(20)25)22(31)27-4-3-26/h2,5,8-10,15H,4,6-7,11-12H2,1H3,(H,27,31)(H,32,33)/t15-/m0/s1. The Morgan fingerprint density at radius 1 is 1.32 bits per heavy atom. The molecule has 4 rings (SSSR count). The molecule has 176 valence electrons. The molecular weight excluding hydrogens is 448 g/mol. The number of aryl methyl sites for hydroxylation is 1. The largest absolute Gasteiger partial charge is 0.465 e.